The number of methoxy groups -OCH3 is 1. The minimum absolute atomic E-state index is 0.0636. The molecule has 0 fully saturated rings. The Hall–Kier alpha value is -3.35. The Kier molecular flexibility index (Phi) is 4.07. The number of hydrogen-bond donors (Lipinski definition) is 2. The maximum atomic E-state index is 11.4. The first-order chi connectivity index (χ1) is 13.0. The average Bonchev–Trinajstić information content (AvgIpc) is 3.16. The number of hydrogen-bond acceptors (Lipinski definition) is 5. The number of rotatable bonds is 4. The van der Waals surface area contributed by atoms with Crippen molar-refractivity contribution in [3.05, 3.63) is 75.4 Å². The Balaban J connectivity index is 1.77. The van der Waals surface area contributed by atoms with Gasteiger partial charge in [0.1, 0.15) is 0 Å². The topological polar surface area (TPSA) is 102 Å². The smallest absolute Gasteiger partial charge is 0.335 e. The van der Waals surface area contributed by atoms with Crippen LogP contribution >= 0.6 is 0 Å². The molecule has 0 unspecified atom stereocenters. The summed E-state index contributed by atoms with van der Waals surface area (Å²) in [6.07, 6.45) is 5.00. The van der Waals surface area contributed by atoms with Crippen molar-refractivity contribution < 1.29 is 19.6 Å². The molecule has 138 valence electrons. The van der Waals surface area contributed by atoms with E-state index in [9.17, 15) is 20.0 Å². The molecule has 3 atom stereocenters. The summed E-state index contributed by atoms with van der Waals surface area (Å²) in [7, 11) is 1.41. The predicted octanol–water partition coefficient (Wildman–Crippen LogP) is 4.13. The zero-order valence-electron chi connectivity index (χ0n) is 14.6. The summed E-state index contributed by atoms with van der Waals surface area (Å²) >= 11 is 0. The molecule has 2 aliphatic rings. The molecule has 27 heavy (non-hydrogen) atoms. The summed E-state index contributed by atoms with van der Waals surface area (Å²) in [4.78, 5) is 22.3. The van der Waals surface area contributed by atoms with Crippen LogP contribution in [0.2, 0.25) is 0 Å². The molecule has 0 saturated heterocycles. The molecule has 0 amide bonds. The maximum Gasteiger partial charge on any atom is 0.335 e. The van der Waals surface area contributed by atoms with Crippen LogP contribution < -0.4 is 10.1 Å². The SMILES string of the molecule is COc1ccc([C@@H]2Nc3ccc(C(=O)O)cc3[C@H]3C=CC[C@H]32)cc1[N+](=O)[O-]. The van der Waals surface area contributed by atoms with E-state index >= 15 is 0 Å². The average molecular weight is 366 g/mol. The molecular weight excluding hydrogens is 348 g/mol. The van der Waals surface area contributed by atoms with Crippen LogP contribution in [-0.2, 0) is 0 Å². The van der Waals surface area contributed by atoms with E-state index < -0.39 is 10.9 Å². The van der Waals surface area contributed by atoms with E-state index in [4.69, 9.17) is 4.74 Å². The lowest BCUT2D eigenvalue weighted by Crippen LogP contribution is -2.29. The lowest BCUT2D eigenvalue weighted by Gasteiger charge is -2.37. The van der Waals surface area contributed by atoms with E-state index in [2.05, 4.69) is 17.5 Å². The lowest BCUT2D eigenvalue weighted by molar-refractivity contribution is -0.385. The Bertz CT molecular complexity index is 969. The molecule has 0 aromatic heterocycles. The van der Waals surface area contributed by atoms with Crippen molar-refractivity contribution in [2.24, 2.45) is 5.92 Å². The minimum atomic E-state index is -0.954. The highest BCUT2D eigenvalue weighted by molar-refractivity contribution is 5.89. The van der Waals surface area contributed by atoms with Crippen molar-refractivity contribution in [2.75, 3.05) is 12.4 Å². The second kappa shape index (κ2) is 6.42. The number of nitro groups is 1. The van der Waals surface area contributed by atoms with Crippen LogP contribution in [-0.4, -0.2) is 23.1 Å². The van der Waals surface area contributed by atoms with Crippen LogP contribution in [0.3, 0.4) is 0 Å². The summed E-state index contributed by atoms with van der Waals surface area (Å²) in [5, 5.41) is 24.1. The molecule has 0 radical (unpaired) electrons. The molecule has 4 rings (SSSR count). The quantitative estimate of drug-likeness (QED) is 0.479. The molecule has 7 nitrogen and oxygen atoms in total. The van der Waals surface area contributed by atoms with E-state index in [1.54, 1.807) is 30.3 Å². The largest absolute Gasteiger partial charge is 0.490 e. The van der Waals surface area contributed by atoms with Gasteiger partial charge in [0, 0.05) is 17.7 Å². The third kappa shape index (κ3) is 2.81. The molecule has 2 aromatic carbocycles. The Labute approximate surface area is 155 Å². The third-order valence-corrected chi connectivity index (χ3v) is 5.37. The highest BCUT2D eigenvalue weighted by Crippen LogP contribution is 2.50. The standard InChI is InChI=1S/C20H18N2O5/c1-27-18-8-6-11(10-17(18)22(25)26)19-14-4-2-3-13(14)15-9-12(20(23)24)5-7-16(15)21-19/h2-3,5-10,13-14,19,21H,4H2,1H3,(H,23,24)/t13-,14+,19-/m0/s1. The van der Waals surface area contributed by atoms with Crippen LogP contribution in [0.5, 0.6) is 5.75 Å². The number of carboxylic acids is 1. The number of carboxylic acid groups (broad SMARTS) is 1. The van der Waals surface area contributed by atoms with Gasteiger partial charge in [0.05, 0.1) is 23.6 Å². The Morgan fingerprint density at radius 2 is 2.11 bits per heavy atom. The normalized spacial score (nSPS) is 22.5. The van der Waals surface area contributed by atoms with Crippen LogP contribution in [0.25, 0.3) is 0 Å². The van der Waals surface area contributed by atoms with Gasteiger partial charge in [-0.2, -0.15) is 0 Å². The summed E-state index contributed by atoms with van der Waals surface area (Å²) in [5.74, 6) is -0.488. The molecule has 2 N–H and O–H groups in total. The van der Waals surface area contributed by atoms with Gasteiger partial charge in [-0.15, -0.1) is 0 Å². The van der Waals surface area contributed by atoms with Crippen molar-refractivity contribution in [1.29, 1.82) is 0 Å². The van der Waals surface area contributed by atoms with Crippen molar-refractivity contribution in [1.82, 2.24) is 0 Å². The fourth-order valence-corrected chi connectivity index (χ4v) is 4.10. The van der Waals surface area contributed by atoms with E-state index in [1.807, 2.05) is 6.07 Å². The van der Waals surface area contributed by atoms with Crippen molar-refractivity contribution in [3.63, 3.8) is 0 Å². The zero-order valence-corrected chi connectivity index (χ0v) is 14.6. The monoisotopic (exact) mass is 366 g/mol. The Morgan fingerprint density at radius 1 is 1.30 bits per heavy atom. The molecule has 0 saturated carbocycles. The van der Waals surface area contributed by atoms with Gasteiger partial charge < -0.3 is 15.2 Å². The van der Waals surface area contributed by atoms with Gasteiger partial charge in [0.2, 0.25) is 0 Å². The molecule has 2 aromatic rings. The maximum absolute atomic E-state index is 11.4. The highest BCUT2D eigenvalue weighted by atomic mass is 16.6. The number of aromatic carboxylic acids is 1. The molecule has 0 spiro atoms. The predicted molar refractivity (Wildman–Crippen MR) is 99.4 cm³/mol. The second-order valence-corrected chi connectivity index (χ2v) is 6.77. The zero-order chi connectivity index (χ0) is 19.1. The van der Waals surface area contributed by atoms with Gasteiger partial charge in [-0.05, 0) is 47.7 Å². The second-order valence-electron chi connectivity index (χ2n) is 6.77. The van der Waals surface area contributed by atoms with Gasteiger partial charge in [0.15, 0.2) is 5.75 Å². The first-order valence-corrected chi connectivity index (χ1v) is 8.62. The number of anilines is 1. The minimum Gasteiger partial charge on any atom is -0.490 e. The van der Waals surface area contributed by atoms with Gasteiger partial charge in [-0.3, -0.25) is 10.1 Å². The summed E-state index contributed by atoms with van der Waals surface area (Å²) in [6.45, 7) is 0. The number of nitrogens with zero attached hydrogens (tertiary/aromatic N) is 1. The fourth-order valence-electron chi connectivity index (χ4n) is 4.10. The third-order valence-electron chi connectivity index (χ3n) is 5.37. The summed E-state index contributed by atoms with van der Waals surface area (Å²) in [6, 6.07) is 9.96. The summed E-state index contributed by atoms with van der Waals surface area (Å²) in [5.41, 5.74) is 2.82. The number of fused-ring (bicyclic) bond motifs is 3. The van der Waals surface area contributed by atoms with Crippen LogP contribution in [0.4, 0.5) is 11.4 Å². The first kappa shape index (κ1) is 17.1. The van der Waals surface area contributed by atoms with Crippen molar-refractivity contribution >= 4 is 17.3 Å². The van der Waals surface area contributed by atoms with Crippen LogP contribution in [0, 0.1) is 16.0 Å². The van der Waals surface area contributed by atoms with Crippen LogP contribution in [0.1, 0.15) is 39.9 Å². The number of allylic oxidation sites excluding steroid dienone is 2. The van der Waals surface area contributed by atoms with E-state index in [1.165, 1.54) is 7.11 Å². The number of carbonyl (C=O) groups is 1. The molecule has 1 aliphatic carbocycles. The molecule has 1 heterocycles. The van der Waals surface area contributed by atoms with E-state index in [-0.39, 0.29) is 34.9 Å². The summed E-state index contributed by atoms with van der Waals surface area (Å²) < 4.78 is 5.10. The number of benzene rings is 2. The lowest BCUT2D eigenvalue weighted by atomic mass is 9.76. The molecule has 7 heteroatoms. The number of nitro benzene ring substituents is 1. The van der Waals surface area contributed by atoms with Crippen molar-refractivity contribution in [3.8, 4) is 5.75 Å². The highest BCUT2D eigenvalue weighted by Gasteiger charge is 2.38. The van der Waals surface area contributed by atoms with Gasteiger partial charge in [-0.25, -0.2) is 4.79 Å². The van der Waals surface area contributed by atoms with E-state index in [0.717, 1.165) is 23.2 Å². The van der Waals surface area contributed by atoms with Gasteiger partial charge in [0.25, 0.3) is 0 Å². The Morgan fingerprint density at radius 3 is 2.81 bits per heavy atom. The van der Waals surface area contributed by atoms with Crippen molar-refractivity contribution in [2.45, 2.75) is 18.4 Å². The number of nitrogens with one attached hydrogen (secondary N) is 1. The molecule has 0 bridgehead atoms. The number of ether oxygens (including phenoxy) is 1. The van der Waals surface area contributed by atoms with E-state index in [0.29, 0.717) is 0 Å². The first-order valence-electron chi connectivity index (χ1n) is 8.62. The van der Waals surface area contributed by atoms with Gasteiger partial charge in [-0.1, -0.05) is 18.2 Å². The van der Waals surface area contributed by atoms with Crippen LogP contribution in [0.15, 0.2) is 48.6 Å². The molecule has 1 aliphatic heterocycles. The molecular formula is C20H18N2O5. The van der Waals surface area contributed by atoms with Gasteiger partial charge >= 0.3 is 11.7 Å². The fraction of sp³-hybridized carbons (Fsp3) is 0.250.